The van der Waals surface area contributed by atoms with Gasteiger partial charge in [-0.3, -0.25) is 43.8 Å². The summed E-state index contributed by atoms with van der Waals surface area (Å²) in [5, 5.41) is 78.5. The summed E-state index contributed by atoms with van der Waals surface area (Å²) >= 11 is 0. The standard InChI is InChI=1S/C42H68N4O14/c1-23(7-12-35(51)52)26-8-9-27-38-28(20-32(48)42(26,27)3)41(2)15-13-25(18-24(41)19-31(38)47)44-34(50)11-10-33(49)43-16-5-4-6-29(39(57)58)45-30(40(59)60)14-17-46(21-36(53)54)22-37(55)56/h23-32,38,45,47-48H,4-22H2,1-3H3,(H,43,49)(H,44,50)(H,51,52)(H,53,54)(H,55,56)(H,57,58)(H,59,60)/t23-,24+,25+,26-,27+,28+,29?,30?,31-,32+,38+,41+,42-/m1/s1. The van der Waals surface area contributed by atoms with E-state index in [1.54, 1.807) is 0 Å². The van der Waals surface area contributed by atoms with Crippen molar-refractivity contribution in [3.63, 3.8) is 0 Å². The van der Waals surface area contributed by atoms with E-state index in [9.17, 15) is 59.1 Å². The van der Waals surface area contributed by atoms with Gasteiger partial charge in [0.2, 0.25) is 11.8 Å². The minimum absolute atomic E-state index is 0.0198. The molecule has 2 amide bonds. The molecule has 4 saturated carbocycles. The van der Waals surface area contributed by atoms with Crippen molar-refractivity contribution < 1.29 is 69.3 Å². The van der Waals surface area contributed by atoms with E-state index in [0.717, 1.165) is 30.6 Å². The zero-order valence-electron chi connectivity index (χ0n) is 35.2. The number of carbonyl (C=O) groups is 7. The molecule has 18 heteroatoms. The first-order valence-corrected chi connectivity index (χ1v) is 21.7. The van der Waals surface area contributed by atoms with Gasteiger partial charge in [-0.05, 0) is 123 Å². The first-order chi connectivity index (χ1) is 28.2. The second-order valence-electron chi connectivity index (χ2n) is 18.6. The first-order valence-electron chi connectivity index (χ1n) is 21.7. The summed E-state index contributed by atoms with van der Waals surface area (Å²) in [6, 6.07) is -2.73. The molecule has 4 aliphatic rings. The number of nitrogens with one attached hydrogen (secondary N) is 3. The summed E-state index contributed by atoms with van der Waals surface area (Å²) in [5.74, 6) is -5.78. The average molecular weight is 853 g/mol. The van der Waals surface area contributed by atoms with E-state index in [1.807, 2.05) is 0 Å². The average Bonchev–Trinajstić information content (AvgIpc) is 3.52. The number of aliphatic carboxylic acids is 5. The molecule has 18 nitrogen and oxygen atoms in total. The van der Waals surface area contributed by atoms with Gasteiger partial charge in [-0.1, -0.05) is 20.8 Å². The molecule has 13 atom stereocenters. The molecule has 0 saturated heterocycles. The topological polar surface area (TPSA) is 300 Å². The zero-order chi connectivity index (χ0) is 44.5. The molecule has 10 N–H and O–H groups in total. The Balaban J connectivity index is 1.18. The highest BCUT2D eigenvalue weighted by Gasteiger charge is 2.65. The minimum Gasteiger partial charge on any atom is -0.481 e. The van der Waals surface area contributed by atoms with Crippen LogP contribution >= 0.6 is 0 Å². The van der Waals surface area contributed by atoms with Gasteiger partial charge in [-0.25, -0.2) is 0 Å². The molecule has 0 aromatic rings. The molecule has 4 aliphatic carbocycles. The van der Waals surface area contributed by atoms with Crippen molar-refractivity contribution >= 4 is 41.7 Å². The molecule has 0 aromatic heterocycles. The highest BCUT2D eigenvalue weighted by atomic mass is 16.4. The van der Waals surface area contributed by atoms with Gasteiger partial charge in [0.1, 0.15) is 12.1 Å². The number of carboxylic acids is 5. The van der Waals surface area contributed by atoms with E-state index < -0.39 is 67.2 Å². The fourth-order valence-corrected chi connectivity index (χ4v) is 11.9. The van der Waals surface area contributed by atoms with Gasteiger partial charge >= 0.3 is 29.8 Å². The number of fused-ring (bicyclic) bond motifs is 5. The highest BCUT2D eigenvalue weighted by molar-refractivity contribution is 5.83. The Hall–Kier alpha value is -3.87. The molecule has 2 unspecified atom stereocenters. The van der Waals surface area contributed by atoms with E-state index in [1.165, 1.54) is 0 Å². The second kappa shape index (κ2) is 21.3. The van der Waals surface area contributed by atoms with Crippen molar-refractivity contribution in [2.45, 2.75) is 147 Å². The van der Waals surface area contributed by atoms with E-state index >= 15 is 0 Å². The van der Waals surface area contributed by atoms with Gasteiger partial charge in [-0.2, -0.15) is 0 Å². The third kappa shape index (κ3) is 12.2. The van der Waals surface area contributed by atoms with Crippen LogP contribution in [-0.2, 0) is 33.6 Å². The molecule has 0 bridgehead atoms. The van der Waals surface area contributed by atoms with E-state index in [0.29, 0.717) is 38.5 Å². The molecular formula is C42H68N4O14. The maximum atomic E-state index is 13.0. The first kappa shape index (κ1) is 48.8. The van der Waals surface area contributed by atoms with Crippen LogP contribution in [0.3, 0.4) is 0 Å². The molecule has 0 radical (unpaired) electrons. The maximum Gasteiger partial charge on any atom is 0.320 e. The van der Waals surface area contributed by atoms with Crippen LogP contribution in [0.5, 0.6) is 0 Å². The number of hydrogen-bond acceptors (Lipinski definition) is 11. The monoisotopic (exact) mass is 852 g/mol. The zero-order valence-corrected chi connectivity index (χ0v) is 35.2. The number of hydrogen-bond donors (Lipinski definition) is 10. The third-order valence-corrected chi connectivity index (χ3v) is 15.0. The summed E-state index contributed by atoms with van der Waals surface area (Å²) in [4.78, 5) is 83.6. The molecule has 0 heterocycles. The molecule has 0 aliphatic heterocycles. The SMILES string of the molecule is C[C@H](CCC(=O)O)[C@H]1CC[C@H]2[C@@H]3[C@H](O)C[C@@H]4C[C@@H](NC(=O)CCC(=O)NCCCCC(NC(CCN(CC(=O)O)CC(=O)O)C(=O)O)C(=O)O)CC[C@]4(C)[C@H]3C[C@H](O)[C@]12C. The Kier molecular flexibility index (Phi) is 17.3. The number of nitrogens with zero attached hydrogens (tertiary/aromatic N) is 1. The van der Waals surface area contributed by atoms with Crippen LogP contribution < -0.4 is 16.0 Å². The molecule has 4 rings (SSSR count). The largest absolute Gasteiger partial charge is 0.481 e. The normalized spacial score (nSPS) is 32.4. The van der Waals surface area contributed by atoms with Crippen molar-refractivity contribution in [3.8, 4) is 0 Å². The minimum atomic E-state index is -1.38. The summed E-state index contributed by atoms with van der Waals surface area (Å²) in [5.41, 5.74) is -0.479. The van der Waals surface area contributed by atoms with Crippen LogP contribution in [0, 0.1) is 46.3 Å². The predicted octanol–water partition coefficient (Wildman–Crippen LogP) is 2.00. The highest BCUT2D eigenvalue weighted by Crippen LogP contribution is 2.68. The predicted molar refractivity (Wildman–Crippen MR) is 214 cm³/mol. The van der Waals surface area contributed by atoms with Crippen LogP contribution in [0.2, 0.25) is 0 Å². The number of amides is 2. The Morgan fingerprint density at radius 1 is 0.717 bits per heavy atom. The van der Waals surface area contributed by atoms with E-state index in [2.05, 4.69) is 36.7 Å². The lowest BCUT2D eigenvalue weighted by atomic mass is 9.43. The van der Waals surface area contributed by atoms with Gasteiger partial charge in [-0.15, -0.1) is 0 Å². The van der Waals surface area contributed by atoms with Crippen LogP contribution in [0.25, 0.3) is 0 Å². The lowest BCUT2D eigenvalue weighted by Crippen LogP contribution is -2.63. The lowest BCUT2D eigenvalue weighted by Gasteiger charge is -2.63. The smallest absolute Gasteiger partial charge is 0.320 e. The van der Waals surface area contributed by atoms with Gasteiger partial charge in [0.05, 0.1) is 25.3 Å². The van der Waals surface area contributed by atoms with Gasteiger partial charge < -0.3 is 46.4 Å². The molecule has 4 fully saturated rings. The van der Waals surface area contributed by atoms with Crippen LogP contribution in [0.4, 0.5) is 0 Å². The van der Waals surface area contributed by atoms with Crippen LogP contribution in [-0.4, -0.2) is 139 Å². The Morgan fingerprint density at radius 3 is 1.97 bits per heavy atom. The number of unbranched alkanes of at least 4 members (excludes halogenated alkanes) is 1. The number of aliphatic hydroxyl groups is 2. The van der Waals surface area contributed by atoms with E-state index in [-0.39, 0.29) is 109 Å². The maximum absolute atomic E-state index is 13.0. The Labute approximate surface area is 351 Å². The quantitative estimate of drug-likeness (QED) is 0.0621. The summed E-state index contributed by atoms with van der Waals surface area (Å²) < 4.78 is 0. The van der Waals surface area contributed by atoms with Gasteiger partial charge in [0.25, 0.3) is 0 Å². The van der Waals surface area contributed by atoms with Crippen molar-refractivity contribution in [2.75, 3.05) is 26.2 Å². The molecular weight excluding hydrogens is 784 g/mol. The van der Waals surface area contributed by atoms with Crippen molar-refractivity contribution in [1.82, 2.24) is 20.9 Å². The number of carboxylic acid groups (broad SMARTS) is 5. The van der Waals surface area contributed by atoms with Gasteiger partial charge in [0.15, 0.2) is 0 Å². The van der Waals surface area contributed by atoms with Crippen molar-refractivity contribution in [3.05, 3.63) is 0 Å². The van der Waals surface area contributed by atoms with E-state index in [4.69, 9.17) is 10.2 Å². The second-order valence-corrected chi connectivity index (χ2v) is 18.6. The molecule has 0 spiro atoms. The summed E-state index contributed by atoms with van der Waals surface area (Å²) in [6.07, 6.45) is 5.40. The molecule has 60 heavy (non-hydrogen) atoms. The third-order valence-electron chi connectivity index (χ3n) is 15.0. The number of aliphatic hydroxyl groups excluding tert-OH is 2. The fraction of sp³-hybridized carbons (Fsp3) is 0.833. The summed E-state index contributed by atoms with van der Waals surface area (Å²) in [7, 11) is 0. The number of carbonyl (C=O) groups excluding carboxylic acids is 2. The van der Waals surface area contributed by atoms with Gasteiger partial charge in [0, 0.05) is 38.4 Å². The van der Waals surface area contributed by atoms with Crippen molar-refractivity contribution in [1.29, 1.82) is 0 Å². The molecule has 0 aromatic carbocycles. The number of rotatable bonds is 24. The fourth-order valence-electron chi connectivity index (χ4n) is 11.9. The molecule has 340 valence electrons. The van der Waals surface area contributed by atoms with Crippen LogP contribution in [0.15, 0.2) is 0 Å². The Morgan fingerprint density at radius 2 is 1.35 bits per heavy atom. The summed E-state index contributed by atoms with van der Waals surface area (Å²) in [6.45, 7) is 5.31. The van der Waals surface area contributed by atoms with Crippen molar-refractivity contribution in [2.24, 2.45) is 46.3 Å². The van der Waals surface area contributed by atoms with Crippen LogP contribution in [0.1, 0.15) is 117 Å². The lowest BCUT2D eigenvalue weighted by molar-refractivity contribution is -0.202. The Bertz CT molecular complexity index is 1550.